The predicted octanol–water partition coefficient (Wildman–Crippen LogP) is 4.26. The molecule has 0 fully saturated rings. The highest BCUT2D eigenvalue weighted by Gasteiger charge is 2.11. The molecule has 1 unspecified atom stereocenters. The van der Waals surface area contributed by atoms with Crippen molar-refractivity contribution >= 4 is 33.0 Å². The third-order valence-corrected chi connectivity index (χ3v) is 4.28. The van der Waals surface area contributed by atoms with Gasteiger partial charge < -0.3 is 5.32 Å². The minimum absolute atomic E-state index is 0.146. The van der Waals surface area contributed by atoms with Crippen LogP contribution in [0, 0.1) is 18.3 Å². The van der Waals surface area contributed by atoms with E-state index >= 15 is 0 Å². The number of halogens is 1. The molecule has 5 heteroatoms. The first-order valence-corrected chi connectivity index (χ1v) is 7.15. The van der Waals surface area contributed by atoms with E-state index in [1.165, 1.54) is 0 Å². The molecule has 1 N–H and O–H groups in total. The van der Waals surface area contributed by atoms with E-state index in [0.717, 1.165) is 20.9 Å². The van der Waals surface area contributed by atoms with Crippen LogP contribution in [-0.2, 0) is 0 Å². The summed E-state index contributed by atoms with van der Waals surface area (Å²) < 4.78 is 0.890. The molecule has 0 saturated heterocycles. The maximum atomic E-state index is 8.82. The number of nitrogens with zero attached hydrogens (tertiary/aromatic N) is 2. The lowest BCUT2D eigenvalue weighted by Crippen LogP contribution is -2.06. The summed E-state index contributed by atoms with van der Waals surface area (Å²) in [6.45, 7) is 4.06. The topological polar surface area (TPSA) is 48.7 Å². The average Bonchev–Trinajstić information content (AvgIpc) is 2.78. The van der Waals surface area contributed by atoms with Gasteiger partial charge in [-0.1, -0.05) is 0 Å². The molecule has 0 saturated carbocycles. The van der Waals surface area contributed by atoms with Crippen LogP contribution in [0.1, 0.15) is 29.2 Å². The zero-order valence-electron chi connectivity index (χ0n) is 10.1. The van der Waals surface area contributed by atoms with Crippen LogP contribution in [0.4, 0.5) is 5.69 Å². The summed E-state index contributed by atoms with van der Waals surface area (Å²) in [6.07, 6.45) is 0. The van der Waals surface area contributed by atoms with Gasteiger partial charge in [0.15, 0.2) is 0 Å². The monoisotopic (exact) mass is 321 g/mol. The molecular formula is C13H12BrN3S. The summed E-state index contributed by atoms with van der Waals surface area (Å²) in [6, 6.07) is 7.77. The second-order valence-corrected chi connectivity index (χ2v) is 5.74. The molecule has 1 aromatic carbocycles. The Kier molecular flexibility index (Phi) is 4.00. The third-order valence-electron chi connectivity index (χ3n) is 2.48. The molecule has 0 aliphatic heterocycles. The Labute approximate surface area is 119 Å². The lowest BCUT2D eigenvalue weighted by molar-refractivity contribution is 0.863. The summed E-state index contributed by atoms with van der Waals surface area (Å²) in [7, 11) is 0. The van der Waals surface area contributed by atoms with Crippen molar-refractivity contribution in [2.24, 2.45) is 0 Å². The van der Waals surface area contributed by atoms with Crippen molar-refractivity contribution in [1.29, 1.82) is 5.26 Å². The Bertz CT molecular complexity index is 601. The predicted molar refractivity (Wildman–Crippen MR) is 77.7 cm³/mol. The van der Waals surface area contributed by atoms with Gasteiger partial charge in [-0.2, -0.15) is 5.26 Å². The summed E-state index contributed by atoms with van der Waals surface area (Å²) in [5.74, 6) is 0. The molecule has 2 aromatic rings. The second-order valence-electron chi connectivity index (χ2n) is 4.00. The Morgan fingerprint density at radius 2 is 2.28 bits per heavy atom. The maximum absolute atomic E-state index is 8.82. The molecule has 1 atom stereocenters. The molecule has 18 heavy (non-hydrogen) atoms. The van der Waals surface area contributed by atoms with Crippen molar-refractivity contribution in [2.45, 2.75) is 19.9 Å². The van der Waals surface area contributed by atoms with E-state index in [0.29, 0.717) is 5.56 Å². The van der Waals surface area contributed by atoms with Crippen molar-refractivity contribution < 1.29 is 0 Å². The highest BCUT2D eigenvalue weighted by atomic mass is 79.9. The fourth-order valence-corrected chi connectivity index (χ4v) is 2.86. The Hall–Kier alpha value is -1.38. The van der Waals surface area contributed by atoms with Gasteiger partial charge in [-0.05, 0) is 48.0 Å². The molecule has 3 nitrogen and oxygen atoms in total. The van der Waals surface area contributed by atoms with Crippen molar-refractivity contribution in [3.05, 3.63) is 44.3 Å². The molecule has 0 bridgehead atoms. The van der Waals surface area contributed by atoms with E-state index in [2.05, 4.69) is 39.2 Å². The van der Waals surface area contributed by atoms with Crippen LogP contribution in [0.15, 0.2) is 28.1 Å². The number of nitrogens with one attached hydrogen (secondary N) is 1. The van der Waals surface area contributed by atoms with E-state index in [9.17, 15) is 0 Å². The van der Waals surface area contributed by atoms with Crippen molar-refractivity contribution in [2.75, 3.05) is 5.32 Å². The molecule has 0 aliphatic carbocycles. The van der Waals surface area contributed by atoms with Crippen LogP contribution in [0.5, 0.6) is 0 Å². The smallest absolute Gasteiger partial charge is 0.115 e. The lowest BCUT2D eigenvalue weighted by Gasteiger charge is -2.14. The number of aromatic nitrogens is 1. The first-order valence-electron chi connectivity index (χ1n) is 5.48. The van der Waals surface area contributed by atoms with Gasteiger partial charge in [-0.25, -0.2) is 4.98 Å². The molecular weight excluding hydrogens is 310 g/mol. The van der Waals surface area contributed by atoms with E-state index < -0.39 is 0 Å². The SMILES string of the molecule is Cc1csc(C(C)Nc2ccc(C#N)cc2Br)n1. The van der Waals surface area contributed by atoms with Crippen molar-refractivity contribution in [3.63, 3.8) is 0 Å². The standard InChI is InChI=1S/C13H12BrN3S/c1-8-7-18-13(16-8)9(2)17-12-4-3-10(6-15)5-11(12)14/h3-5,7,9,17H,1-2H3. The molecule has 0 aliphatic rings. The Morgan fingerprint density at radius 3 is 2.83 bits per heavy atom. The molecule has 0 amide bonds. The third kappa shape index (κ3) is 2.89. The minimum Gasteiger partial charge on any atom is -0.375 e. The summed E-state index contributed by atoms with van der Waals surface area (Å²) >= 11 is 5.11. The van der Waals surface area contributed by atoms with E-state index in [1.54, 1.807) is 17.4 Å². The lowest BCUT2D eigenvalue weighted by atomic mass is 10.2. The number of thiazole rings is 1. The minimum atomic E-state index is 0.146. The largest absolute Gasteiger partial charge is 0.375 e. The van der Waals surface area contributed by atoms with E-state index in [-0.39, 0.29) is 6.04 Å². The zero-order chi connectivity index (χ0) is 13.1. The Balaban J connectivity index is 2.17. The van der Waals surface area contributed by atoms with Crippen LogP contribution in [0.3, 0.4) is 0 Å². The van der Waals surface area contributed by atoms with Gasteiger partial charge in [0.1, 0.15) is 5.01 Å². The molecule has 1 heterocycles. The average molecular weight is 322 g/mol. The summed E-state index contributed by atoms with van der Waals surface area (Å²) in [5, 5.41) is 15.3. The van der Waals surface area contributed by atoms with Gasteiger partial charge in [0.05, 0.1) is 17.7 Å². The van der Waals surface area contributed by atoms with Gasteiger partial charge in [-0.15, -0.1) is 11.3 Å². The number of hydrogen-bond acceptors (Lipinski definition) is 4. The van der Waals surface area contributed by atoms with Crippen LogP contribution in [0.25, 0.3) is 0 Å². The quantitative estimate of drug-likeness (QED) is 0.918. The van der Waals surface area contributed by atoms with E-state index in [4.69, 9.17) is 5.26 Å². The number of hydrogen-bond donors (Lipinski definition) is 1. The number of nitriles is 1. The molecule has 0 radical (unpaired) electrons. The van der Waals surface area contributed by atoms with Gasteiger partial charge in [0, 0.05) is 21.2 Å². The molecule has 0 spiro atoms. The summed E-state index contributed by atoms with van der Waals surface area (Å²) in [4.78, 5) is 4.46. The number of rotatable bonds is 3. The number of benzene rings is 1. The summed E-state index contributed by atoms with van der Waals surface area (Å²) in [5.41, 5.74) is 2.65. The molecule has 1 aromatic heterocycles. The van der Waals surface area contributed by atoms with E-state index in [1.807, 2.05) is 24.4 Å². The fourth-order valence-electron chi connectivity index (χ4n) is 1.57. The van der Waals surface area contributed by atoms with Crippen molar-refractivity contribution in [1.82, 2.24) is 4.98 Å². The fraction of sp³-hybridized carbons (Fsp3) is 0.231. The Morgan fingerprint density at radius 1 is 1.50 bits per heavy atom. The van der Waals surface area contributed by atoms with Crippen LogP contribution in [0.2, 0.25) is 0 Å². The maximum Gasteiger partial charge on any atom is 0.115 e. The molecule has 92 valence electrons. The normalized spacial score (nSPS) is 11.9. The number of anilines is 1. The van der Waals surface area contributed by atoms with Crippen LogP contribution in [-0.4, -0.2) is 4.98 Å². The number of aryl methyl sites for hydroxylation is 1. The van der Waals surface area contributed by atoms with Gasteiger partial charge in [0.2, 0.25) is 0 Å². The highest BCUT2D eigenvalue weighted by molar-refractivity contribution is 9.10. The van der Waals surface area contributed by atoms with Crippen molar-refractivity contribution in [3.8, 4) is 6.07 Å². The highest BCUT2D eigenvalue weighted by Crippen LogP contribution is 2.28. The van der Waals surface area contributed by atoms with Crippen LogP contribution >= 0.6 is 27.3 Å². The zero-order valence-corrected chi connectivity index (χ0v) is 12.5. The first kappa shape index (κ1) is 13.1. The second kappa shape index (κ2) is 5.51. The molecule has 2 rings (SSSR count). The van der Waals surface area contributed by atoms with Gasteiger partial charge in [-0.3, -0.25) is 0 Å². The van der Waals surface area contributed by atoms with Gasteiger partial charge in [0.25, 0.3) is 0 Å². The van der Waals surface area contributed by atoms with Gasteiger partial charge >= 0.3 is 0 Å². The first-order chi connectivity index (χ1) is 8.60. The van der Waals surface area contributed by atoms with Crippen LogP contribution < -0.4 is 5.32 Å².